The van der Waals surface area contributed by atoms with Crippen molar-refractivity contribution >= 4 is 17.6 Å². The normalized spacial score (nSPS) is 14.4. The van der Waals surface area contributed by atoms with Crippen molar-refractivity contribution in [3.8, 4) is 0 Å². The van der Waals surface area contributed by atoms with Gasteiger partial charge in [-0.2, -0.15) is 11.8 Å². The summed E-state index contributed by atoms with van der Waals surface area (Å²) in [6.45, 7) is 3.98. The zero-order valence-electron chi connectivity index (χ0n) is 11.1. The molecule has 3 nitrogen and oxygen atoms in total. The van der Waals surface area contributed by atoms with Gasteiger partial charge in [-0.3, -0.25) is 0 Å². The predicted octanol–water partition coefficient (Wildman–Crippen LogP) is 2.71. The standard InChI is InChI=1S/C13H22N2OS/c1-10(6-8-17-4)15(3)13-9-12(11(2)16)5-7-14-13/h5,7,9-11,16H,6,8H2,1-4H3/t10?,11-/m1/s1. The number of aliphatic hydroxyl groups is 1. The van der Waals surface area contributed by atoms with Gasteiger partial charge in [-0.15, -0.1) is 0 Å². The SMILES string of the molecule is CSCCC(C)N(C)c1cc([C@@H](C)O)ccn1. The first-order chi connectivity index (χ1) is 8.06. The molecule has 0 spiro atoms. The average molecular weight is 254 g/mol. The summed E-state index contributed by atoms with van der Waals surface area (Å²) in [6.07, 6.45) is 4.58. The van der Waals surface area contributed by atoms with E-state index in [2.05, 4.69) is 30.1 Å². The van der Waals surface area contributed by atoms with Crippen molar-refractivity contribution in [2.24, 2.45) is 0 Å². The highest BCUT2D eigenvalue weighted by molar-refractivity contribution is 7.98. The lowest BCUT2D eigenvalue weighted by Crippen LogP contribution is -2.30. The van der Waals surface area contributed by atoms with Crippen LogP contribution in [0.5, 0.6) is 0 Å². The van der Waals surface area contributed by atoms with Crippen LogP contribution in [0.25, 0.3) is 0 Å². The van der Waals surface area contributed by atoms with Gasteiger partial charge in [0.05, 0.1) is 6.10 Å². The number of hydrogen-bond acceptors (Lipinski definition) is 4. The lowest BCUT2D eigenvalue weighted by molar-refractivity contribution is 0.199. The maximum atomic E-state index is 9.56. The van der Waals surface area contributed by atoms with Gasteiger partial charge >= 0.3 is 0 Å². The fourth-order valence-corrected chi connectivity index (χ4v) is 2.17. The van der Waals surface area contributed by atoms with Gasteiger partial charge in [-0.1, -0.05) is 0 Å². The van der Waals surface area contributed by atoms with E-state index in [4.69, 9.17) is 0 Å². The van der Waals surface area contributed by atoms with E-state index in [0.717, 1.165) is 23.6 Å². The monoisotopic (exact) mass is 254 g/mol. The van der Waals surface area contributed by atoms with Crippen molar-refractivity contribution in [1.29, 1.82) is 0 Å². The van der Waals surface area contributed by atoms with Gasteiger partial charge in [-0.25, -0.2) is 4.98 Å². The van der Waals surface area contributed by atoms with Crippen molar-refractivity contribution in [1.82, 2.24) is 4.98 Å². The van der Waals surface area contributed by atoms with Crippen molar-refractivity contribution in [3.63, 3.8) is 0 Å². The molecule has 0 saturated heterocycles. The topological polar surface area (TPSA) is 36.4 Å². The molecule has 1 unspecified atom stereocenters. The van der Waals surface area contributed by atoms with Gasteiger partial charge in [0.1, 0.15) is 5.82 Å². The molecule has 4 heteroatoms. The van der Waals surface area contributed by atoms with E-state index < -0.39 is 6.10 Å². The number of aliphatic hydroxyl groups excluding tert-OH is 1. The van der Waals surface area contributed by atoms with E-state index >= 15 is 0 Å². The number of thioether (sulfide) groups is 1. The fourth-order valence-electron chi connectivity index (χ4n) is 1.59. The lowest BCUT2D eigenvalue weighted by Gasteiger charge is -2.26. The summed E-state index contributed by atoms with van der Waals surface area (Å²) in [5.74, 6) is 2.08. The highest BCUT2D eigenvalue weighted by atomic mass is 32.2. The summed E-state index contributed by atoms with van der Waals surface area (Å²) < 4.78 is 0. The van der Waals surface area contributed by atoms with E-state index in [1.54, 1.807) is 13.1 Å². The molecule has 0 aliphatic heterocycles. The minimum Gasteiger partial charge on any atom is -0.389 e. The Labute approximate surface area is 108 Å². The maximum Gasteiger partial charge on any atom is 0.128 e. The number of aromatic nitrogens is 1. The summed E-state index contributed by atoms with van der Waals surface area (Å²) in [6, 6.07) is 4.27. The van der Waals surface area contributed by atoms with Crippen molar-refractivity contribution in [3.05, 3.63) is 23.9 Å². The van der Waals surface area contributed by atoms with Gasteiger partial charge in [0.25, 0.3) is 0 Å². The Morgan fingerprint density at radius 2 is 2.18 bits per heavy atom. The van der Waals surface area contributed by atoms with Crippen LogP contribution in [-0.4, -0.2) is 35.2 Å². The molecule has 0 fully saturated rings. The third-order valence-corrected chi connectivity index (χ3v) is 3.66. The minimum absolute atomic E-state index is 0.438. The minimum atomic E-state index is -0.438. The van der Waals surface area contributed by atoms with Crippen LogP contribution in [0.3, 0.4) is 0 Å². The molecule has 0 radical (unpaired) electrons. The Bertz CT molecular complexity index is 344. The fraction of sp³-hybridized carbons (Fsp3) is 0.615. The quantitative estimate of drug-likeness (QED) is 0.847. The second kappa shape index (κ2) is 6.87. The second-order valence-electron chi connectivity index (χ2n) is 4.36. The number of pyridine rings is 1. The van der Waals surface area contributed by atoms with Crippen LogP contribution in [-0.2, 0) is 0 Å². The van der Waals surface area contributed by atoms with Crippen LogP contribution in [0, 0.1) is 0 Å². The summed E-state index contributed by atoms with van der Waals surface area (Å²) >= 11 is 1.86. The Balaban J connectivity index is 2.74. The first kappa shape index (κ1) is 14.3. The largest absolute Gasteiger partial charge is 0.389 e. The second-order valence-corrected chi connectivity index (χ2v) is 5.35. The molecular weight excluding hydrogens is 232 g/mol. The number of rotatable bonds is 6. The van der Waals surface area contributed by atoms with Crippen LogP contribution >= 0.6 is 11.8 Å². The van der Waals surface area contributed by atoms with Crippen LogP contribution in [0.2, 0.25) is 0 Å². The van der Waals surface area contributed by atoms with Crippen LogP contribution < -0.4 is 4.90 Å². The van der Waals surface area contributed by atoms with Crippen molar-refractivity contribution < 1.29 is 5.11 Å². The zero-order chi connectivity index (χ0) is 12.8. The van der Waals surface area contributed by atoms with E-state index in [0.29, 0.717) is 6.04 Å². The van der Waals surface area contributed by atoms with Crippen LogP contribution in [0.1, 0.15) is 31.9 Å². The molecule has 0 aliphatic rings. The first-order valence-corrected chi connectivity index (χ1v) is 7.31. The van der Waals surface area contributed by atoms with Crippen LogP contribution in [0.4, 0.5) is 5.82 Å². The van der Waals surface area contributed by atoms with Gasteiger partial charge in [0.15, 0.2) is 0 Å². The van der Waals surface area contributed by atoms with E-state index in [9.17, 15) is 5.11 Å². The lowest BCUT2D eigenvalue weighted by atomic mass is 10.1. The molecule has 96 valence electrons. The zero-order valence-corrected chi connectivity index (χ0v) is 11.9. The van der Waals surface area contributed by atoms with E-state index in [-0.39, 0.29) is 0 Å². The maximum absolute atomic E-state index is 9.56. The van der Waals surface area contributed by atoms with E-state index in [1.807, 2.05) is 23.9 Å². The molecule has 0 amide bonds. The molecular formula is C13H22N2OS. The highest BCUT2D eigenvalue weighted by Gasteiger charge is 2.12. The average Bonchev–Trinajstić information content (AvgIpc) is 2.35. The Hall–Kier alpha value is -0.740. The molecule has 0 aromatic carbocycles. The molecule has 0 bridgehead atoms. The van der Waals surface area contributed by atoms with Crippen LogP contribution in [0.15, 0.2) is 18.3 Å². The number of nitrogens with zero attached hydrogens (tertiary/aromatic N) is 2. The highest BCUT2D eigenvalue weighted by Crippen LogP contribution is 2.19. The van der Waals surface area contributed by atoms with Gasteiger partial charge in [0, 0.05) is 19.3 Å². The van der Waals surface area contributed by atoms with Crippen molar-refractivity contribution in [2.75, 3.05) is 24.0 Å². The Morgan fingerprint density at radius 3 is 2.76 bits per heavy atom. The summed E-state index contributed by atoms with van der Waals surface area (Å²) in [7, 11) is 2.05. The molecule has 2 atom stereocenters. The third-order valence-electron chi connectivity index (χ3n) is 3.01. The molecule has 0 saturated carbocycles. The Kier molecular flexibility index (Phi) is 5.78. The molecule has 1 N–H and O–H groups in total. The molecule has 1 heterocycles. The number of anilines is 1. The summed E-state index contributed by atoms with van der Waals surface area (Å²) in [5.41, 5.74) is 0.916. The molecule has 17 heavy (non-hydrogen) atoms. The van der Waals surface area contributed by atoms with Gasteiger partial charge < -0.3 is 10.0 Å². The third kappa shape index (κ3) is 4.21. The molecule has 1 rings (SSSR count). The molecule has 1 aromatic rings. The Morgan fingerprint density at radius 1 is 1.47 bits per heavy atom. The van der Waals surface area contributed by atoms with Crippen molar-refractivity contribution in [2.45, 2.75) is 32.4 Å². The first-order valence-electron chi connectivity index (χ1n) is 5.92. The molecule has 1 aromatic heterocycles. The van der Waals surface area contributed by atoms with Gasteiger partial charge in [-0.05, 0) is 50.0 Å². The van der Waals surface area contributed by atoms with Gasteiger partial charge in [0.2, 0.25) is 0 Å². The predicted molar refractivity (Wildman–Crippen MR) is 75.7 cm³/mol. The summed E-state index contributed by atoms with van der Waals surface area (Å²) in [5, 5.41) is 9.56. The molecule has 0 aliphatic carbocycles. The van der Waals surface area contributed by atoms with E-state index in [1.165, 1.54) is 0 Å². The smallest absolute Gasteiger partial charge is 0.128 e. The summed E-state index contributed by atoms with van der Waals surface area (Å²) in [4.78, 5) is 6.53. The number of hydrogen-bond donors (Lipinski definition) is 1.